The molecule has 4 nitrogen and oxygen atoms in total. The monoisotopic (exact) mass is 242 g/mol. The van der Waals surface area contributed by atoms with E-state index in [4.69, 9.17) is 10.5 Å². The van der Waals surface area contributed by atoms with Gasteiger partial charge in [-0.05, 0) is 32.6 Å². The lowest BCUT2D eigenvalue weighted by Gasteiger charge is -2.33. The molecule has 0 aromatic rings. The second-order valence-corrected chi connectivity index (χ2v) is 5.07. The van der Waals surface area contributed by atoms with Gasteiger partial charge in [0.1, 0.15) is 0 Å². The Hall–Kier alpha value is -0.610. The van der Waals surface area contributed by atoms with Crippen molar-refractivity contribution >= 4 is 5.91 Å². The maximum absolute atomic E-state index is 12.0. The van der Waals surface area contributed by atoms with Crippen LogP contribution in [0.15, 0.2) is 0 Å². The zero-order valence-electron chi connectivity index (χ0n) is 11.2. The van der Waals surface area contributed by atoms with Gasteiger partial charge in [0.2, 0.25) is 5.91 Å². The summed E-state index contributed by atoms with van der Waals surface area (Å²) in [4.78, 5) is 12.0. The molecule has 1 saturated carbocycles. The second kappa shape index (κ2) is 6.97. The lowest BCUT2D eigenvalue weighted by molar-refractivity contribution is -0.128. The van der Waals surface area contributed by atoms with Crippen molar-refractivity contribution in [3.05, 3.63) is 0 Å². The summed E-state index contributed by atoms with van der Waals surface area (Å²) in [5.41, 5.74) is 6.01. The minimum atomic E-state index is 0.0765. The van der Waals surface area contributed by atoms with Crippen LogP contribution < -0.4 is 11.1 Å². The third-order valence-electron chi connectivity index (χ3n) is 3.71. The number of carbonyl (C=O) groups is 1. The summed E-state index contributed by atoms with van der Waals surface area (Å²) in [5, 5.41) is 2.97. The Morgan fingerprint density at radius 3 is 2.88 bits per heavy atom. The van der Waals surface area contributed by atoms with Crippen molar-refractivity contribution in [1.29, 1.82) is 0 Å². The Morgan fingerprint density at radius 1 is 1.53 bits per heavy atom. The normalized spacial score (nSPS) is 30.9. The van der Waals surface area contributed by atoms with Gasteiger partial charge in [0.25, 0.3) is 0 Å². The van der Waals surface area contributed by atoms with Crippen LogP contribution in [0.25, 0.3) is 0 Å². The van der Waals surface area contributed by atoms with Crippen LogP contribution in [0.4, 0.5) is 0 Å². The van der Waals surface area contributed by atoms with Gasteiger partial charge < -0.3 is 15.8 Å². The van der Waals surface area contributed by atoms with Gasteiger partial charge in [-0.1, -0.05) is 13.3 Å². The number of rotatable bonds is 5. The summed E-state index contributed by atoms with van der Waals surface area (Å²) >= 11 is 0. The van der Waals surface area contributed by atoms with E-state index in [1.54, 1.807) is 0 Å². The van der Waals surface area contributed by atoms with Crippen molar-refractivity contribution in [1.82, 2.24) is 5.32 Å². The van der Waals surface area contributed by atoms with Crippen LogP contribution in [0.3, 0.4) is 0 Å². The van der Waals surface area contributed by atoms with Crippen LogP contribution >= 0.6 is 0 Å². The second-order valence-electron chi connectivity index (χ2n) is 5.07. The third kappa shape index (κ3) is 4.28. The summed E-state index contributed by atoms with van der Waals surface area (Å²) in [5.74, 6) is 0.498. The number of ether oxygens (including phenoxy) is 1. The van der Waals surface area contributed by atoms with E-state index in [1.165, 1.54) is 0 Å². The molecule has 0 heterocycles. The predicted molar refractivity (Wildman–Crippen MR) is 68.6 cm³/mol. The largest absolute Gasteiger partial charge is 0.377 e. The van der Waals surface area contributed by atoms with E-state index >= 15 is 0 Å². The number of amides is 1. The van der Waals surface area contributed by atoms with Crippen molar-refractivity contribution in [2.24, 2.45) is 17.6 Å². The highest BCUT2D eigenvalue weighted by Gasteiger charge is 2.32. The summed E-state index contributed by atoms with van der Waals surface area (Å²) in [6.45, 7) is 7.29. The number of hydrogen-bond acceptors (Lipinski definition) is 3. The molecule has 0 spiro atoms. The Bertz CT molecular complexity index is 246. The molecule has 0 aromatic carbocycles. The van der Waals surface area contributed by atoms with E-state index in [0.717, 1.165) is 19.3 Å². The van der Waals surface area contributed by atoms with E-state index in [2.05, 4.69) is 12.2 Å². The Kier molecular flexibility index (Phi) is 5.92. The molecule has 1 rings (SSSR count). The minimum Gasteiger partial charge on any atom is -0.377 e. The molecule has 3 N–H and O–H groups in total. The minimum absolute atomic E-state index is 0.0765. The molecule has 0 saturated heterocycles. The summed E-state index contributed by atoms with van der Waals surface area (Å²) in [7, 11) is 0. The van der Waals surface area contributed by atoms with Crippen LogP contribution in [-0.4, -0.2) is 31.2 Å². The zero-order valence-corrected chi connectivity index (χ0v) is 11.2. The van der Waals surface area contributed by atoms with Crippen molar-refractivity contribution in [2.75, 3.05) is 13.2 Å². The Balaban J connectivity index is 2.36. The smallest absolute Gasteiger partial charge is 0.223 e. The summed E-state index contributed by atoms with van der Waals surface area (Å²) in [6.07, 6.45) is 3.14. The highest BCUT2D eigenvalue weighted by atomic mass is 16.5. The number of hydrogen-bond donors (Lipinski definition) is 2. The molecule has 1 aliphatic rings. The van der Waals surface area contributed by atoms with Gasteiger partial charge in [0.05, 0.1) is 6.10 Å². The first kappa shape index (κ1) is 14.5. The highest BCUT2D eigenvalue weighted by Crippen LogP contribution is 2.28. The molecule has 0 radical (unpaired) electrons. The molecule has 0 bridgehead atoms. The molecule has 0 aliphatic heterocycles. The maximum atomic E-state index is 12.0. The fourth-order valence-corrected chi connectivity index (χ4v) is 2.49. The quantitative estimate of drug-likeness (QED) is 0.763. The predicted octanol–water partition coefficient (Wildman–Crippen LogP) is 1.29. The average molecular weight is 242 g/mol. The highest BCUT2D eigenvalue weighted by molar-refractivity contribution is 5.79. The van der Waals surface area contributed by atoms with Crippen LogP contribution in [0.1, 0.15) is 40.0 Å². The van der Waals surface area contributed by atoms with Crippen LogP contribution in [0.2, 0.25) is 0 Å². The lowest BCUT2D eigenvalue weighted by Crippen LogP contribution is -2.45. The van der Waals surface area contributed by atoms with Crippen molar-refractivity contribution in [3.63, 3.8) is 0 Å². The van der Waals surface area contributed by atoms with Gasteiger partial charge in [0.15, 0.2) is 0 Å². The van der Waals surface area contributed by atoms with Gasteiger partial charge in [-0.3, -0.25) is 4.79 Å². The maximum Gasteiger partial charge on any atom is 0.223 e. The summed E-state index contributed by atoms with van der Waals surface area (Å²) in [6, 6.07) is 0.170. The van der Waals surface area contributed by atoms with E-state index in [0.29, 0.717) is 13.2 Å². The van der Waals surface area contributed by atoms with E-state index in [-0.39, 0.29) is 29.9 Å². The molecule has 0 aromatic heterocycles. The molecular weight excluding hydrogens is 216 g/mol. The van der Waals surface area contributed by atoms with Gasteiger partial charge in [0, 0.05) is 25.1 Å². The Morgan fingerprint density at radius 2 is 2.24 bits per heavy atom. The molecule has 4 unspecified atom stereocenters. The number of nitrogens with two attached hydrogens (primary N) is 1. The van der Waals surface area contributed by atoms with Crippen LogP contribution in [-0.2, 0) is 9.53 Å². The first-order chi connectivity index (χ1) is 8.06. The van der Waals surface area contributed by atoms with Gasteiger partial charge >= 0.3 is 0 Å². The molecular formula is C13H26N2O2. The fraction of sp³-hybridized carbons (Fsp3) is 0.923. The van der Waals surface area contributed by atoms with Crippen molar-refractivity contribution in [3.8, 4) is 0 Å². The van der Waals surface area contributed by atoms with E-state index in [1.807, 2.05) is 13.8 Å². The first-order valence-corrected chi connectivity index (χ1v) is 6.71. The third-order valence-corrected chi connectivity index (χ3v) is 3.71. The van der Waals surface area contributed by atoms with Gasteiger partial charge in [-0.15, -0.1) is 0 Å². The molecule has 1 fully saturated rings. The van der Waals surface area contributed by atoms with Gasteiger partial charge in [-0.25, -0.2) is 0 Å². The molecule has 4 atom stereocenters. The zero-order chi connectivity index (χ0) is 12.8. The van der Waals surface area contributed by atoms with Crippen LogP contribution in [0.5, 0.6) is 0 Å². The molecule has 1 amide bonds. The molecule has 4 heteroatoms. The van der Waals surface area contributed by atoms with Crippen LogP contribution in [0, 0.1) is 11.8 Å². The topological polar surface area (TPSA) is 64.3 Å². The Labute approximate surface area is 104 Å². The van der Waals surface area contributed by atoms with Crippen molar-refractivity contribution in [2.45, 2.75) is 52.2 Å². The van der Waals surface area contributed by atoms with Crippen molar-refractivity contribution < 1.29 is 9.53 Å². The van der Waals surface area contributed by atoms with E-state index < -0.39 is 0 Å². The van der Waals surface area contributed by atoms with E-state index in [9.17, 15) is 4.79 Å². The van der Waals surface area contributed by atoms with Gasteiger partial charge in [-0.2, -0.15) is 0 Å². The number of carbonyl (C=O) groups excluding carboxylic acids is 1. The molecule has 100 valence electrons. The lowest BCUT2D eigenvalue weighted by atomic mass is 9.77. The molecule has 1 aliphatic carbocycles. The first-order valence-electron chi connectivity index (χ1n) is 6.71. The standard InChI is InChI=1S/C13H26N2O2/c1-4-17-9(2)8-15-13(16)11-6-5-7-12(14)10(11)3/h9-12H,4-8,14H2,1-3H3,(H,15,16). The summed E-state index contributed by atoms with van der Waals surface area (Å²) < 4.78 is 5.39. The SMILES string of the molecule is CCOC(C)CNC(=O)C1CCCC(N)C1C. The average Bonchev–Trinajstić information content (AvgIpc) is 2.30. The molecule has 17 heavy (non-hydrogen) atoms. The fourth-order valence-electron chi connectivity index (χ4n) is 2.49. The number of nitrogens with one attached hydrogen (secondary N) is 1.